The Morgan fingerprint density at radius 3 is 2.42 bits per heavy atom. The van der Waals surface area contributed by atoms with Gasteiger partial charge in [-0.25, -0.2) is 0 Å². The van der Waals surface area contributed by atoms with Gasteiger partial charge in [0.15, 0.2) is 0 Å². The molecule has 1 atom stereocenters. The molecule has 0 radical (unpaired) electrons. The standard InChI is InChI=1S/C19H25Cl2N3O2/c1-22-15-6-9-23(10-7-15)19(26)14-3-2-8-24(12-14)18(25)13-4-5-16(20)17(21)11-13/h4-5,11,14-15,22H,2-3,6-10,12H2,1H3. The molecule has 0 spiro atoms. The summed E-state index contributed by atoms with van der Waals surface area (Å²) in [7, 11) is 1.97. The minimum absolute atomic E-state index is 0.0880. The molecular weight excluding hydrogens is 373 g/mol. The van der Waals surface area contributed by atoms with Crippen molar-refractivity contribution in [2.75, 3.05) is 33.2 Å². The first-order valence-electron chi connectivity index (χ1n) is 9.20. The zero-order chi connectivity index (χ0) is 18.7. The second kappa shape index (κ2) is 8.59. The molecule has 7 heteroatoms. The van der Waals surface area contributed by atoms with Gasteiger partial charge in [0.25, 0.3) is 5.91 Å². The molecule has 142 valence electrons. The molecule has 1 aromatic carbocycles. The SMILES string of the molecule is CNC1CCN(C(=O)C2CCCN(C(=O)c3ccc(Cl)c(Cl)c3)C2)CC1. The largest absolute Gasteiger partial charge is 0.342 e. The van der Waals surface area contributed by atoms with Crippen LogP contribution in [0, 0.1) is 5.92 Å². The van der Waals surface area contributed by atoms with Gasteiger partial charge in [-0.3, -0.25) is 9.59 Å². The Kier molecular flexibility index (Phi) is 6.43. The molecule has 2 heterocycles. The molecular formula is C19H25Cl2N3O2. The van der Waals surface area contributed by atoms with E-state index < -0.39 is 0 Å². The number of carbonyl (C=O) groups excluding carboxylic acids is 2. The highest BCUT2D eigenvalue weighted by Crippen LogP contribution is 2.26. The summed E-state index contributed by atoms with van der Waals surface area (Å²) in [6.45, 7) is 2.73. The van der Waals surface area contributed by atoms with Crippen LogP contribution in [0.1, 0.15) is 36.0 Å². The topological polar surface area (TPSA) is 52.7 Å². The average Bonchev–Trinajstić information content (AvgIpc) is 2.69. The van der Waals surface area contributed by atoms with Crippen molar-refractivity contribution in [2.45, 2.75) is 31.7 Å². The van der Waals surface area contributed by atoms with E-state index in [2.05, 4.69) is 5.32 Å². The van der Waals surface area contributed by atoms with Crippen LogP contribution in [0.25, 0.3) is 0 Å². The zero-order valence-electron chi connectivity index (χ0n) is 15.0. The lowest BCUT2D eigenvalue weighted by Crippen LogP contribution is -2.50. The Morgan fingerprint density at radius 2 is 1.77 bits per heavy atom. The average molecular weight is 398 g/mol. The molecule has 3 rings (SSSR count). The summed E-state index contributed by atoms with van der Waals surface area (Å²) in [5, 5.41) is 4.08. The van der Waals surface area contributed by atoms with Crippen LogP contribution in [0.3, 0.4) is 0 Å². The summed E-state index contributed by atoms with van der Waals surface area (Å²) < 4.78 is 0. The first-order valence-corrected chi connectivity index (χ1v) is 9.95. The second-order valence-electron chi connectivity index (χ2n) is 7.11. The fourth-order valence-electron chi connectivity index (χ4n) is 3.82. The van der Waals surface area contributed by atoms with Crippen molar-refractivity contribution in [1.29, 1.82) is 0 Å². The predicted molar refractivity (Wildman–Crippen MR) is 104 cm³/mol. The maximum Gasteiger partial charge on any atom is 0.253 e. The molecule has 2 saturated heterocycles. The molecule has 2 aliphatic heterocycles. The van der Waals surface area contributed by atoms with Gasteiger partial charge >= 0.3 is 0 Å². The molecule has 0 bridgehead atoms. The summed E-state index contributed by atoms with van der Waals surface area (Å²) >= 11 is 12.0. The first kappa shape index (κ1) is 19.5. The maximum absolute atomic E-state index is 12.9. The third-order valence-corrected chi connectivity index (χ3v) is 6.18. The summed E-state index contributed by atoms with van der Waals surface area (Å²) in [4.78, 5) is 29.4. The number of piperidine rings is 2. The molecule has 1 unspecified atom stereocenters. The highest BCUT2D eigenvalue weighted by Gasteiger charge is 2.33. The summed E-state index contributed by atoms with van der Waals surface area (Å²) in [6.07, 6.45) is 3.66. The zero-order valence-corrected chi connectivity index (χ0v) is 16.5. The number of hydrogen-bond acceptors (Lipinski definition) is 3. The number of rotatable bonds is 3. The fraction of sp³-hybridized carbons (Fsp3) is 0.579. The molecule has 0 saturated carbocycles. The number of carbonyl (C=O) groups is 2. The Hall–Kier alpha value is -1.30. The van der Waals surface area contributed by atoms with Crippen LogP contribution < -0.4 is 5.32 Å². The van der Waals surface area contributed by atoms with Crippen molar-refractivity contribution in [3.63, 3.8) is 0 Å². The maximum atomic E-state index is 12.9. The van der Waals surface area contributed by atoms with Crippen LogP contribution in [0.15, 0.2) is 18.2 Å². The smallest absolute Gasteiger partial charge is 0.253 e. The van der Waals surface area contributed by atoms with Crippen molar-refractivity contribution in [2.24, 2.45) is 5.92 Å². The molecule has 2 fully saturated rings. The Labute approximate surface area is 164 Å². The third kappa shape index (κ3) is 4.33. The van der Waals surface area contributed by atoms with Crippen molar-refractivity contribution in [3.05, 3.63) is 33.8 Å². The normalized spacial score (nSPS) is 21.7. The van der Waals surface area contributed by atoms with Crippen LogP contribution in [0.5, 0.6) is 0 Å². The Balaban J connectivity index is 1.62. The number of benzene rings is 1. The number of hydrogen-bond donors (Lipinski definition) is 1. The van der Waals surface area contributed by atoms with E-state index in [0.29, 0.717) is 34.7 Å². The predicted octanol–water partition coefficient (Wildman–Crippen LogP) is 3.06. The molecule has 26 heavy (non-hydrogen) atoms. The van der Waals surface area contributed by atoms with E-state index in [0.717, 1.165) is 38.8 Å². The van der Waals surface area contributed by atoms with Crippen molar-refractivity contribution in [1.82, 2.24) is 15.1 Å². The third-order valence-electron chi connectivity index (χ3n) is 5.44. The summed E-state index contributed by atoms with van der Waals surface area (Å²) in [6, 6.07) is 5.42. The fourth-order valence-corrected chi connectivity index (χ4v) is 4.12. The molecule has 2 aliphatic rings. The van der Waals surface area contributed by atoms with Crippen LogP contribution in [0.4, 0.5) is 0 Å². The highest BCUT2D eigenvalue weighted by atomic mass is 35.5. The van der Waals surface area contributed by atoms with Crippen molar-refractivity contribution >= 4 is 35.0 Å². The van der Waals surface area contributed by atoms with Gasteiger partial charge in [0.05, 0.1) is 16.0 Å². The minimum atomic E-state index is -0.110. The molecule has 1 N–H and O–H groups in total. The van der Waals surface area contributed by atoms with Crippen molar-refractivity contribution < 1.29 is 9.59 Å². The van der Waals surface area contributed by atoms with Crippen LogP contribution >= 0.6 is 23.2 Å². The van der Waals surface area contributed by atoms with E-state index in [-0.39, 0.29) is 17.7 Å². The number of nitrogens with one attached hydrogen (secondary N) is 1. The van der Waals surface area contributed by atoms with Gasteiger partial charge in [-0.2, -0.15) is 0 Å². The van der Waals surface area contributed by atoms with Gasteiger partial charge in [-0.15, -0.1) is 0 Å². The van der Waals surface area contributed by atoms with E-state index in [1.54, 1.807) is 23.1 Å². The molecule has 0 aliphatic carbocycles. The number of halogens is 2. The lowest BCUT2D eigenvalue weighted by Gasteiger charge is -2.37. The molecule has 0 aromatic heterocycles. The van der Waals surface area contributed by atoms with Crippen LogP contribution in [-0.4, -0.2) is 60.9 Å². The molecule has 1 aromatic rings. The lowest BCUT2D eigenvalue weighted by molar-refractivity contribution is -0.138. The number of nitrogens with zero attached hydrogens (tertiary/aromatic N) is 2. The van der Waals surface area contributed by atoms with Gasteiger partial charge in [-0.1, -0.05) is 23.2 Å². The minimum Gasteiger partial charge on any atom is -0.342 e. The van der Waals surface area contributed by atoms with E-state index in [9.17, 15) is 9.59 Å². The quantitative estimate of drug-likeness (QED) is 0.852. The summed E-state index contributed by atoms with van der Waals surface area (Å²) in [5.41, 5.74) is 0.516. The monoisotopic (exact) mass is 397 g/mol. The molecule has 5 nitrogen and oxygen atoms in total. The van der Waals surface area contributed by atoms with Crippen LogP contribution in [-0.2, 0) is 4.79 Å². The Bertz CT molecular complexity index is 675. The molecule has 2 amide bonds. The Morgan fingerprint density at radius 1 is 1.04 bits per heavy atom. The lowest BCUT2D eigenvalue weighted by atomic mass is 9.94. The number of likely N-dealkylation sites (tertiary alicyclic amines) is 2. The van der Waals surface area contributed by atoms with Gasteiger partial charge in [-0.05, 0) is 50.9 Å². The van der Waals surface area contributed by atoms with E-state index in [1.165, 1.54) is 0 Å². The van der Waals surface area contributed by atoms with Gasteiger partial charge in [0.2, 0.25) is 5.91 Å². The first-order chi connectivity index (χ1) is 12.5. The van der Waals surface area contributed by atoms with E-state index in [1.807, 2.05) is 11.9 Å². The van der Waals surface area contributed by atoms with Crippen molar-refractivity contribution in [3.8, 4) is 0 Å². The number of amides is 2. The highest BCUT2D eigenvalue weighted by molar-refractivity contribution is 6.42. The van der Waals surface area contributed by atoms with Gasteiger partial charge < -0.3 is 15.1 Å². The van der Waals surface area contributed by atoms with E-state index in [4.69, 9.17) is 23.2 Å². The summed E-state index contributed by atoms with van der Waals surface area (Å²) in [5.74, 6) is -0.0113. The second-order valence-corrected chi connectivity index (χ2v) is 7.92. The van der Waals surface area contributed by atoms with Gasteiger partial charge in [0.1, 0.15) is 0 Å². The van der Waals surface area contributed by atoms with Gasteiger partial charge in [0, 0.05) is 37.8 Å². The van der Waals surface area contributed by atoms with E-state index >= 15 is 0 Å². The van der Waals surface area contributed by atoms with Crippen LogP contribution in [0.2, 0.25) is 10.0 Å².